The summed E-state index contributed by atoms with van der Waals surface area (Å²) in [7, 11) is 8.68. The zero-order valence-corrected chi connectivity index (χ0v) is 22.5. The molecule has 2 aromatic rings. The van der Waals surface area contributed by atoms with Gasteiger partial charge in [-0.25, -0.2) is 0 Å². The van der Waals surface area contributed by atoms with Crippen LogP contribution >= 0.6 is 12.4 Å². The molecule has 1 aliphatic carbocycles. The molecule has 1 atom stereocenters. The zero-order chi connectivity index (χ0) is 24.7. The van der Waals surface area contributed by atoms with Crippen molar-refractivity contribution in [1.29, 1.82) is 0 Å². The number of rotatable bonds is 11. The Labute approximate surface area is 215 Å². The molecule has 0 radical (unpaired) electrons. The highest BCUT2D eigenvalue weighted by Crippen LogP contribution is 2.40. The van der Waals surface area contributed by atoms with Crippen molar-refractivity contribution in [1.82, 2.24) is 4.90 Å². The molecule has 0 heterocycles. The third kappa shape index (κ3) is 7.18. The second-order valence-corrected chi connectivity index (χ2v) is 8.92. The van der Waals surface area contributed by atoms with Crippen LogP contribution in [0.25, 0.3) is 0 Å². The van der Waals surface area contributed by atoms with Gasteiger partial charge in [-0.1, -0.05) is 6.07 Å². The maximum Gasteiger partial charge on any atom is 0.303 e. The molecule has 7 nitrogen and oxygen atoms in total. The summed E-state index contributed by atoms with van der Waals surface area (Å²) >= 11 is 0. The van der Waals surface area contributed by atoms with Crippen molar-refractivity contribution in [3.8, 4) is 23.0 Å². The minimum absolute atomic E-state index is 0. The number of aryl methyl sites for hydroxylation is 1. The summed E-state index contributed by atoms with van der Waals surface area (Å²) in [5.74, 6) is 2.67. The van der Waals surface area contributed by atoms with Crippen LogP contribution in [0.2, 0.25) is 0 Å². The number of fused-ring (bicyclic) bond motifs is 1. The van der Waals surface area contributed by atoms with Gasteiger partial charge in [-0.2, -0.15) is 0 Å². The Morgan fingerprint density at radius 3 is 2.09 bits per heavy atom. The van der Waals surface area contributed by atoms with E-state index in [0.717, 1.165) is 61.6 Å². The van der Waals surface area contributed by atoms with Gasteiger partial charge in [-0.3, -0.25) is 4.79 Å². The van der Waals surface area contributed by atoms with E-state index < -0.39 is 5.60 Å². The molecule has 8 heteroatoms. The highest BCUT2D eigenvalue weighted by atomic mass is 35.5. The number of carbonyl (C=O) groups is 1. The van der Waals surface area contributed by atoms with Crippen molar-refractivity contribution in [2.45, 2.75) is 44.6 Å². The lowest BCUT2D eigenvalue weighted by Gasteiger charge is -2.39. The van der Waals surface area contributed by atoms with Gasteiger partial charge in [-0.05, 0) is 67.3 Å². The molecule has 1 unspecified atom stereocenters. The Morgan fingerprint density at radius 2 is 1.49 bits per heavy atom. The summed E-state index contributed by atoms with van der Waals surface area (Å²) in [5, 5.41) is 0. The number of esters is 1. The molecule has 0 bridgehead atoms. The Morgan fingerprint density at radius 1 is 0.886 bits per heavy atom. The predicted molar refractivity (Wildman–Crippen MR) is 139 cm³/mol. The summed E-state index contributed by atoms with van der Waals surface area (Å²) in [4.78, 5) is 14.3. The fourth-order valence-electron chi connectivity index (χ4n) is 4.68. The van der Waals surface area contributed by atoms with Gasteiger partial charge in [0.2, 0.25) is 0 Å². The fourth-order valence-corrected chi connectivity index (χ4v) is 4.68. The van der Waals surface area contributed by atoms with Crippen LogP contribution in [0.5, 0.6) is 23.0 Å². The number of likely N-dealkylation sites (N-methyl/N-ethyl adjacent to an activating group) is 1. The first-order valence-electron chi connectivity index (χ1n) is 11.7. The highest BCUT2D eigenvalue weighted by molar-refractivity contribution is 5.85. The van der Waals surface area contributed by atoms with E-state index in [9.17, 15) is 4.79 Å². The highest BCUT2D eigenvalue weighted by Gasteiger charge is 2.38. The van der Waals surface area contributed by atoms with Crippen LogP contribution in [0.1, 0.15) is 36.5 Å². The molecule has 0 spiro atoms. The first-order chi connectivity index (χ1) is 16.3. The minimum Gasteiger partial charge on any atom is -0.493 e. The maximum atomic E-state index is 12.0. The van der Waals surface area contributed by atoms with Gasteiger partial charge in [0.1, 0.15) is 5.60 Å². The normalized spacial score (nSPS) is 16.7. The predicted octanol–water partition coefficient (Wildman–Crippen LogP) is 4.50. The molecule has 1 aliphatic rings. The first kappa shape index (κ1) is 28.6. The van der Waals surface area contributed by atoms with Gasteiger partial charge in [0.25, 0.3) is 0 Å². The second kappa shape index (κ2) is 12.9. The Bertz CT molecular complexity index is 998. The van der Waals surface area contributed by atoms with Crippen LogP contribution in [0.15, 0.2) is 30.3 Å². The van der Waals surface area contributed by atoms with Gasteiger partial charge in [0.05, 0.1) is 28.4 Å². The number of carbonyl (C=O) groups excluding carboxylic acids is 1. The molecule has 0 fully saturated rings. The van der Waals surface area contributed by atoms with Crippen LogP contribution in [0.4, 0.5) is 0 Å². The van der Waals surface area contributed by atoms with Crippen LogP contribution in [0, 0.1) is 0 Å². The lowest BCUT2D eigenvalue weighted by molar-refractivity contribution is -0.159. The summed E-state index contributed by atoms with van der Waals surface area (Å²) < 4.78 is 27.7. The topological polar surface area (TPSA) is 66.5 Å². The van der Waals surface area contributed by atoms with Gasteiger partial charge < -0.3 is 28.6 Å². The largest absolute Gasteiger partial charge is 0.493 e. The second-order valence-electron chi connectivity index (χ2n) is 8.92. The molecule has 35 heavy (non-hydrogen) atoms. The summed E-state index contributed by atoms with van der Waals surface area (Å²) in [6.07, 6.45) is 3.95. The lowest BCUT2D eigenvalue weighted by atomic mass is 9.78. The molecule has 3 rings (SSSR count). The molecule has 0 aliphatic heterocycles. The molecular weight excluding hydrogens is 470 g/mol. The van der Waals surface area contributed by atoms with Crippen molar-refractivity contribution in [3.63, 3.8) is 0 Å². The Kier molecular flexibility index (Phi) is 10.5. The van der Waals surface area contributed by atoms with Crippen molar-refractivity contribution >= 4 is 18.4 Å². The number of methoxy groups -OCH3 is 4. The van der Waals surface area contributed by atoms with E-state index in [1.54, 1.807) is 28.4 Å². The van der Waals surface area contributed by atoms with Crippen molar-refractivity contribution < 1.29 is 28.5 Å². The molecule has 0 N–H and O–H groups in total. The van der Waals surface area contributed by atoms with Crippen molar-refractivity contribution in [2.24, 2.45) is 0 Å². The summed E-state index contributed by atoms with van der Waals surface area (Å²) in [6, 6.07) is 10.1. The van der Waals surface area contributed by atoms with Crippen LogP contribution in [-0.4, -0.2) is 65.0 Å². The SMILES string of the molecule is COc1ccc(CCN(C)CCC2(OC(C)=O)CCc3cc(OC)c(OC)cc3C2)cc1OC.Cl. The number of hydrogen-bond donors (Lipinski definition) is 0. The van der Waals surface area contributed by atoms with E-state index in [1.165, 1.54) is 18.1 Å². The molecule has 194 valence electrons. The Hall–Kier alpha value is -2.64. The average molecular weight is 508 g/mol. The number of benzene rings is 2. The van der Waals surface area contributed by atoms with E-state index in [2.05, 4.69) is 18.0 Å². The van der Waals surface area contributed by atoms with E-state index in [1.807, 2.05) is 24.3 Å². The molecular formula is C27H38ClNO6. The summed E-state index contributed by atoms with van der Waals surface area (Å²) in [5.41, 5.74) is 3.04. The number of ether oxygens (including phenoxy) is 5. The zero-order valence-electron chi connectivity index (χ0n) is 21.6. The number of nitrogens with zero attached hydrogens (tertiary/aromatic N) is 1. The molecule has 2 aromatic carbocycles. The third-order valence-electron chi connectivity index (χ3n) is 6.61. The van der Waals surface area contributed by atoms with Crippen LogP contribution < -0.4 is 18.9 Å². The summed E-state index contributed by atoms with van der Waals surface area (Å²) in [6.45, 7) is 3.20. The third-order valence-corrected chi connectivity index (χ3v) is 6.61. The lowest BCUT2D eigenvalue weighted by Crippen LogP contribution is -2.43. The maximum absolute atomic E-state index is 12.0. The quantitative estimate of drug-likeness (QED) is 0.415. The van der Waals surface area contributed by atoms with Gasteiger partial charge in [0.15, 0.2) is 23.0 Å². The Balaban J connectivity index is 0.00000432. The van der Waals surface area contributed by atoms with Crippen LogP contribution in [-0.2, 0) is 28.8 Å². The molecule has 0 aromatic heterocycles. The van der Waals surface area contributed by atoms with Gasteiger partial charge in [-0.15, -0.1) is 12.4 Å². The number of hydrogen-bond acceptors (Lipinski definition) is 7. The molecule has 0 amide bonds. The van der Waals surface area contributed by atoms with Crippen molar-refractivity contribution in [3.05, 3.63) is 47.0 Å². The minimum atomic E-state index is -0.518. The molecule has 0 saturated heterocycles. The number of halogens is 1. The smallest absolute Gasteiger partial charge is 0.303 e. The van der Waals surface area contributed by atoms with E-state index in [0.29, 0.717) is 12.2 Å². The molecule has 0 saturated carbocycles. The van der Waals surface area contributed by atoms with E-state index in [-0.39, 0.29) is 18.4 Å². The fraction of sp³-hybridized carbons (Fsp3) is 0.519. The van der Waals surface area contributed by atoms with Crippen LogP contribution in [0.3, 0.4) is 0 Å². The monoisotopic (exact) mass is 507 g/mol. The van der Waals surface area contributed by atoms with E-state index >= 15 is 0 Å². The van der Waals surface area contributed by atoms with Crippen molar-refractivity contribution in [2.75, 3.05) is 48.6 Å². The van der Waals surface area contributed by atoms with Gasteiger partial charge in [0, 0.05) is 32.9 Å². The first-order valence-corrected chi connectivity index (χ1v) is 11.7. The van der Waals surface area contributed by atoms with E-state index in [4.69, 9.17) is 23.7 Å². The standard InChI is InChI=1S/C27H37NO6.ClH/c1-19(29)34-27(11-9-21-16-25(32-5)26(33-6)17-22(21)18-27)12-14-28(2)13-10-20-7-8-23(30-3)24(15-20)31-4;/h7-8,15-17H,9-14,18H2,1-6H3;1H. The van der Waals surface area contributed by atoms with Gasteiger partial charge >= 0.3 is 5.97 Å². The average Bonchev–Trinajstić information content (AvgIpc) is 2.84.